The van der Waals surface area contributed by atoms with Crippen LogP contribution >= 0.6 is 11.3 Å². The zero-order valence-electron chi connectivity index (χ0n) is 21.9. The van der Waals surface area contributed by atoms with E-state index in [0.29, 0.717) is 23.2 Å². The van der Waals surface area contributed by atoms with Crippen LogP contribution in [0.3, 0.4) is 0 Å². The number of benzene rings is 1. The van der Waals surface area contributed by atoms with Gasteiger partial charge in [0.1, 0.15) is 10.6 Å². The number of carbonyl (C=O) groups is 4. The van der Waals surface area contributed by atoms with Crippen molar-refractivity contribution in [2.45, 2.75) is 39.7 Å². The van der Waals surface area contributed by atoms with Gasteiger partial charge in [-0.15, -0.1) is 11.3 Å². The van der Waals surface area contributed by atoms with E-state index in [0.717, 1.165) is 47.5 Å². The lowest BCUT2D eigenvalue weighted by Crippen LogP contribution is -2.44. The molecule has 37 heavy (non-hydrogen) atoms. The Balaban J connectivity index is 0.000000717. The summed E-state index contributed by atoms with van der Waals surface area (Å²) in [6, 6.07) is 8.46. The normalized spacial score (nSPS) is 14.0. The number of carbonyl (C=O) groups excluding carboxylic acids is 2. The van der Waals surface area contributed by atoms with Crippen LogP contribution in [0.25, 0.3) is 11.1 Å². The maximum atomic E-state index is 12.9. The Kier molecular flexibility index (Phi) is 11.2. The largest absolute Gasteiger partial charge is 0.473 e. The minimum Gasteiger partial charge on any atom is -0.473 e. The van der Waals surface area contributed by atoms with Crippen molar-refractivity contribution in [3.05, 3.63) is 40.3 Å². The Bertz CT molecular complexity index is 1090. The minimum atomic E-state index is -1.82. The highest BCUT2D eigenvalue weighted by molar-refractivity contribution is 7.17. The number of likely N-dealkylation sites (tertiary alicyclic amines) is 1. The van der Waals surface area contributed by atoms with Gasteiger partial charge in [0, 0.05) is 16.5 Å². The van der Waals surface area contributed by atoms with Gasteiger partial charge in [-0.3, -0.25) is 9.69 Å². The van der Waals surface area contributed by atoms with Crippen molar-refractivity contribution in [1.82, 2.24) is 9.80 Å². The van der Waals surface area contributed by atoms with Gasteiger partial charge in [-0.2, -0.15) is 0 Å². The van der Waals surface area contributed by atoms with Crippen molar-refractivity contribution < 1.29 is 34.1 Å². The summed E-state index contributed by atoms with van der Waals surface area (Å²) in [4.78, 5) is 49.3. The third-order valence-corrected chi connectivity index (χ3v) is 7.07. The van der Waals surface area contributed by atoms with Crippen molar-refractivity contribution in [2.75, 3.05) is 45.7 Å². The number of aliphatic carboxylic acids is 2. The average molecular weight is 534 g/mol. The SMILES string of the molecule is CCOC(=O)c1c(NC(=O)CN(C)C2CCN(C)CC2)sc(C)c1-c1ccc(C)cc1.O=C(O)C(=O)O. The number of piperidine rings is 1. The van der Waals surface area contributed by atoms with Crippen LogP contribution in [-0.4, -0.2) is 90.2 Å². The van der Waals surface area contributed by atoms with Crippen LogP contribution in [0.4, 0.5) is 5.00 Å². The third-order valence-electron chi connectivity index (χ3n) is 6.04. The maximum Gasteiger partial charge on any atom is 0.414 e. The zero-order chi connectivity index (χ0) is 27.7. The molecule has 0 radical (unpaired) electrons. The van der Waals surface area contributed by atoms with Gasteiger partial charge in [-0.1, -0.05) is 29.8 Å². The van der Waals surface area contributed by atoms with Crippen molar-refractivity contribution in [3.63, 3.8) is 0 Å². The van der Waals surface area contributed by atoms with E-state index in [1.807, 2.05) is 45.2 Å². The fourth-order valence-corrected chi connectivity index (χ4v) is 5.14. The molecule has 0 aliphatic carbocycles. The number of ether oxygens (including phenoxy) is 1. The van der Waals surface area contributed by atoms with E-state index >= 15 is 0 Å². The average Bonchev–Trinajstić information content (AvgIpc) is 3.15. The quantitative estimate of drug-likeness (QED) is 0.362. The van der Waals surface area contributed by atoms with Gasteiger partial charge in [0.25, 0.3) is 0 Å². The number of nitrogens with zero attached hydrogens (tertiary/aromatic N) is 2. The van der Waals surface area contributed by atoms with E-state index in [1.54, 1.807) is 6.92 Å². The molecule has 2 aromatic rings. The molecule has 1 aromatic carbocycles. The molecule has 1 amide bonds. The molecule has 1 aliphatic rings. The summed E-state index contributed by atoms with van der Waals surface area (Å²) in [5.41, 5.74) is 3.39. The minimum absolute atomic E-state index is 0.108. The summed E-state index contributed by atoms with van der Waals surface area (Å²) in [5, 5.41) is 18.3. The highest BCUT2D eigenvalue weighted by atomic mass is 32.1. The van der Waals surface area contributed by atoms with Crippen LogP contribution in [0.5, 0.6) is 0 Å². The van der Waals surface area contributed by atoms with Gasteiger partial charge < -0.3 is 25.2 Å². The fraction of sp³-hybridized carbons (Fsp3) is 0.462. The molecule has 202 valence electrons. The maximum absolute atomic E-state index is 12.9. The highest BCUT2D eigenvalue weighted by Gasteiger charge is 2.27. The number of esters is 1. The van der Waals surface area contributed by atoms with Crippen molar-refractivity contribution in [3.8, 4) is 11.1 Å². The van der Waals surface area contributed by atoms with Crippen LogP contribution in [0.2, 0.25) is 0 Å². The topological polar surface area (TPSA) is 136 Å². The van der Waals surface area contributed by atoms with Crippen molar-refractivity contribution in [2.24, 2.45) is 0 Å². The summed E-state index contributed by atoms with van der Waals surface area (Å²) in [5.74, 6) is -4.16. The van der Waals surface area contributed by atoms with Gasteiger partial charge in [0.15, 0.2) is 0 Å². The van der Waals surface area contributed by atoms with E-state index in [-0.39, 0.29) is 12.5 Å². The summed E-state index contributed by atoms with van der Waals surface area (Å²) >= 11 is 1.43. The van der Waals surface area contributed by atoms with E-state index in [4.69, 9.17) is 24.5 Å². The first kappa shape index (κ1) is 29.9. The molecular formula is C26H35N3O7S. The molecule has 0 atom stereocenters. The number of carboxylic acid groups (broad SMARTS) is 2. The number of rotatable bonds is 7. The zero-order valence-corrected chi connectivity index (χ0v) is 22.7. The first-order valence-corrected chi connectivity index (χ1v) is 12.8. The molecule has 2 heterocycles. The second kappa shape index (κ2) is 13.9. The molecular weight excluding hydrogens is 498 g/mol. The molecule has 1 aliphatic heterocycles. The van der Waals surface area contributed by atoms with E-state index in [1.165, 1.54) is 11.3 Å². The predicted molar refractivity (Wildman–Crippen MR) is 142 cm³/mol. The van der Waals surface area contributed by atoms with Crippen molar-refractivity contribution in [1.29, 1.82) is 0 Å². The van der Waals surface area contributed by atoms with E-state index in [2.05, 4.69) is 22.2 Å². The summed E-state index contributed by atoms with van der Waals surface area (Å²) < 4.78 is 5.34. The number of amides is 1. The first-order chi connectivity index (χ1) is 17.4. The summed E-state index contributed by atoms with van der Waals surface area (Å²) in [7, 11) is 4.13. The molecule has 11 heteroatoms. The Hall–Kier alpha value is -3.28. The molecule has 1 fully saturated rings. The highest BCUT2D eigenvalue weighted by Crippen LogP contribution is 2.40. The Labute approximate surface area is 220 Å². The lowest BCUT2D eigenvalue weighted by atomic mass is 10.0. The number of hydrogen-bond acceptors (Lipinski definition) is 8. The third kappa shape index (κ3) is 8.66. The smallest absolute Gasteiger partial charge is 0.414 e. The van der Waals surface area contributed by atoms with Gasteiger partial charge >= 0.3 is 17.9 Å². The second-order valence-electron chi connectivity index (χ2n) is 8.93. The lowest BCUT2D eigenvalue weighted by molar-refractivity contribution is -0.159. The van der Waals surface area contributed by atoms with E-state index in [9.17, 15) is 9.59 Å². The Morgan fingerprint density at radius 1 is 1.08 bits per heavy atom. The van der Waals surface area contributed by atoms with Crippen LogP contribution < -0.4 is 5.32 Å². The van der Waals surface area contributed by atoms with Gasteiger partial charge in [-0.25, -0.2) is 14.4 Å². The number of aryl methyl sites for hydroxylation is 2. The molecule has 0 unspecified atom stereocenters. The van der Waals surface area contributed by atoms with Crippen molar-refractivity contribution >= 4 is 40.2 Å². The van der Waals surface area contributed by atoms with Crippen LogP contribution in [0, 0.1) is 13.8 Å². The summed E-state index contributed by atoms with van der Waals surface area (Å²) in [6.07, 6.45) is 2.12. The molecule has 0 bridgehead atoms. The van der Waals surface area contributed by atoms with Crippen LogP contribution in [0.1, 0.15) is 40.6 Å². The van der Waals surface area contributed by atoms with Gasteiger partial charge in [-0.05, 0) is 66.4 Å². The fourth-order valence-electron chi connectivity index (χ4n) is 4.06. The Morgan fingerprint density at radius 2 is 1.65 bits per heavy atom. The summed E-state index contributed by atoms with van der Waals surface area (Å²) in [6.45, 7) is 8.48. The number of likely N-dealkylation sites (N-methyl/N-ethyl adjacent to an activating group) is 1. The molecule has 3 N–H and O–H groups in total. The van der Waals surface area contributed by atoms with E-state index < -0.39 is 17.9 Å². The number of carboxylic acids is 2. The lowest BCUT2D eigenvalue weighted by Gasteiger charge is -2.34. The standard InChI is InChI=1S/C24H33N3O3S.C2H2O4/c1-6-30-24(29)22-21(18-9-7-16(2)8-10-18)17(3)31-23(22)25-20(28)15-27(5)19-11-13-26(4)14-12-19;3-1(4)2(5)6/h7-10,19H,6,11-15H2,1-5H3,(H,25,28);(H,3,4)(H,5,6). The second-order valence-corrected chi connectivity index (χ2v) is 10.2. The Morgan fingerprint density at radius 3 is 2.16 bits per heavy atom. The molecule has 3 rings (SSSR count). The van der Waals surface area contributed by atoms with Gasteiger partial charge in [0.05, 0.1) is 13.2 Å². The van der Waals surface area contributed by atoms with Crippen LogP contribution in [0.15, 0.2) is 24.3 Å². The molecule has 0 saturated carbocycles. The molecule has 0 spiro atoms. The number of thiophene rings is 1. The predicted octanol–water partition coefficient (Wildman–Crippen LogP) is 3.33. The number of hydrogen-bond donors (Lipinski definition) is 3. The first-order valence-electron chi connectivity index (χ1n) is 12.0. The monoisotopic (exact) mass is 533 g/mol. The van der Waals surface area contributed by atoms with Gasteiger partial charge in [0.2, 0.25) is 5.91 Å². The molecule has 1 aromatic heterocycles. The van der Waals surface area contributed by atoms with Crippen LogP contribution in [-0.2, 0) is 19.1 Å². The molecule has 1 saturated heterocycles. The number of anilines is 1. The molecule has 10 nitrogen and oxygen atoms in total. The number of nitrogens with one attached hydrogen (secondary N) is 1.